The van der Waals surface area contributed by atoms with Crippen LogP contribution < -0.4 is 0 Å². The summed E-state index contributed by atoms with van der Waals surface area (Å²) in [5.74, 6) is 0.00473. The minimum absolute atomic E-state index is 0.00473. The molecule has 138 valence electrons. The van der Waals surface area contributed by atoms with E-state index >= 15 is 0 Å². The van der Waals surface area contributed by atoms with Crippen molar-refractivity contribution in [2.45, 2.75) is 44.1 Å². The fraction of sp³-hybridized carbons (Fsp3) is 0.292. The number of carbonyl (C=O) groups is 1. The van der Waals surface area contributed by atoms with E-state index in [2.05, 4.69) is 4.98 Å². The second-order valence-electron chi connectivity index (χ2n) is 7.58. The van der Waals surface area contributed by atoms with Crippen molar-refractivity contribution < 1.29 is 9.90 Å². The van der Waals surface area contributed by atoms with E-state index < -0.39 is 5.60 Å². The maximum atomic E-state index is 13.4. The largest absolute Gasteiger partial charge is 0.389 e. The zero-order valence-corrected chi connectivity index (χ0v) is 15.4. The van der Waals surface area contributed by atoms with Crippen LogP contribution in [0, 0.1) is 0 Å². The number of ketones is 1. The molecule has 0 radical (unpaired) electrons. The molecule has 1 fully saturated rings. The molecule has 1 heterocycles. The van der Waals surface area contributed by atoms with Crippen LogP contribution in [0.25, 0.3) is 11.1 Å². The van der Waals surface area contributed by atoms with E-state index in [9.17, 15) is 9.90 Å². The molecule has 1 aliphatic rings. The van der Waals surface area contributed by atoms with Crippen molar-refractivity contribution in [2.75, 3.05) is 0 Å². The number of hydrogen-bond donors (Lipinski definition) is 2. The maximum Gasteiger partial charge on any atom is 0.195 e. The van der Waals surface area contributed by atoms with Gasteiger partial charge in [0.15, 0.2) is 5.78 Å². The molecule has 0 amide bonds. The lowest BCUT2D eigenvalue weighted by molar-refractivity contribution is 0.00368. The number of H-pyrrole nitrogens is 1. The molecule has 3 heteroatoms. The molecule has 0 aliphatic heterocycles. The van der Waals surface area contributed by atoms with Crippen LogP contribution >= 0.6 is 0 Å². The van der Waals surface area contributed by atoms with Crippen LogP contribution in [0.3, 0.4) is 0 Å². The van der Waals surface area contributed by atoms with Crippen LogP contribution in [-0.4, -0.2) is 21.5 Å². The van der Waals surface area contributed by atoms with E-state index in [1.54, 1.807) is 0 Å². The number of carbonyl (C=O) groups excluding carboxylic acids is 1. The van der Waals surface area contributed by atoms with Gasteiger partial charge in [-0.15, -0.1) is 0 Å². The van der Waals surface area contributed by atoms with Gasteiger partial charge in [-0.3, -0.25) is 4.79 Å². The van der Waals surface area contributed by atoms with Gasteiger partial charge in [0.25, 0.3) is 0 Å². The Bertz CT molecular complexity index is 906. The van der Waals surface area contributed by atoms with Gasteiger partial charge >= 0.3 is 0 Å². The predicted octanol–water partition coefficient (Wildman–Crippen LogP) is 5.15. The Morgan fingerprint density at radius 3 is 2.22 bits per heavy atom. The summed E-state index contributed by atoms with van der Waals surface area (Å²) in [6, 6.07) is 19.4. The van der Waals surface area contributed by atoms with Crippen molar-refractivity contribution in [2.24, 2.45) is 0 Å². The van der Waals surface area contributed by atoms with Crippen LogP contribution in [0.5, 0.6) is 0 Å². The summed E-state index contributed by atoms with van der Waals surface area (Å²) in [6.45, 7) is 0. The third-order valence-corrected chi connectivity index (χ3v) is 5.60. The molecule has 1 aliphatic carbocycles. The van der Waals surface area contributed by atoms with Gasteiger partial charge in [0.1, 0.15) is 0 Å². The first kappa shape index (κ1) is 17.7. The second-order valence-corrected chi connectivity index (χ2v) is 7.58. The molecule has 0 atom stereocenters. The first-order chi connectivity index (χ1) is 13.2. The molecule has 2 aromatic carbocycles. The molecule has 0 unspecified atom stereocenters. The molecule has 3 nitrogen and oxygen atoms in total. The molecule has 4 rings (SSSR count). The minimum atomic E-state index is -0.719. The van der Waals surface area contributed by atoms with Crippen molar-refractivity contribution in [1.82, 2.24) is 4.98 Å². The summed E-state index contributed by atoms with van der Waals surface area (Å²) in [4.78, 5) is 16.7. The highest BCUT2D eigenvalue weighted by molar-refractivity contribution is 6.13. The predicted molar refractivity (Wildman–Crippen MR) is 108 cm³/mol. The topological polar surface area (TPSA) is 53.1 Å². The van der Waals surface area contributed by atoms with E-state index in [0.29, 0.717) is 17.5 Å². The number of hydrogen-bond acceptors (Lipinski definition) is 2. The number of aromatic amines is 1. The normalized spacial score (nSPS) is 16.2. The van der Waals surface area contributed by atoms with Crippen LogP contribution in [0.4, 0.5) is 0 Å². The van der Waals surface area contributed by atoms with Gasteiger partial charge < -0.3 is 10.1 Å². The van der Waals surface area contributed by atoms with Crippen molar-refractivity contribution in [3.8, 4) is 11.1 Å². The van der Waals surface area contributed by atoms with Crippen LogP contribution in [0.2, 0.25) is 0 Å². The van der Waals surface area contributed by atoms with Crippen molar-refractivity contribution in [1.29, 1.82) is 0 Å². The Labute approximate surface area is 160 Å². The number of aliphatic hydroxyl groups is 1. The SMILES string of the molecule is O=C(c1ccccc1)c1c(-c2ccccc2)c[nH]c1CC1(O)CCCCC1. The van der Waals surface area contributed by atoms with Gasteiger partial charge in [-0.2, -0.15) is 0 Å². The number of benzene rings is 2. The Morgan fingerprint density at radius 2 is 1.56 bits per heavy atom. The molecule has 1 aromatic heterocycles. The average Bonchev–Trinajstić information content (AvgIpc) is 3.12. The van der Waals surface area contributed by atoms with Crippen LogP contribution in [-0.2, 0) is 6.42 Å². The van der Waals surface area contributed by atoms with Gasteiger partial charge in [0.05, 0.1) is 11.2 Å². The van der Waals surface area contributed by atoms with Gasteiger partial charge in [-0.25, -0.2) is 0 Å². The summed E-state index contributed by atoms with van der Waals surface area (Å²) < 4.78 is 0. The van der Waals surface area contributed by atoms with Gasteiger partial charge in [-0.1, -0.05) is 79.9 Å². The molecule has 0 spiro atoms. The molecule has 0 saturated heterocycles. The highest BCUT2D eigenvalue weighted by Crippen LogP contribution is 2.35. The third-order valence-electron chi connectivity index (χ3n) is 5.60. The smallest absolute Gasteiger partial charge is 0.195 e. The highest BCUT2D eigenvalue weighted by Gasteiger charge is 2.32. The standard InChI is InChI=1S/C24H25NO2/c26-23(19-12-6-2-7-13-19)22-20(18-10-4-1-5-11-18)17-25-21(22)16-24(27)14-8-3-9-15-24/h1-2,4-7,10-13,17,25,27H,3,8-9,14-16H2. The van der Waals surface area contributed by atoms with E-state index in [1.165, 1.54) is 6.42 Å². The maximum absolute atomic E-state index is 13.4. The summed E-state index contributed by atoms with van der Waals surface area (Å²) in [5.41, 5.74) is 3.39. The van der Waals surface area contributed by atoms with Crippen molar-refractivity contribution >= 4 is 5.78 Å². The van der Waals surface area contributed by atoms with E-state index in [0.717, 1.165) is 42.5 Å². The Morgan fingerprint density at radius 1 is 0.926 bits per heavy atom. The Hall–Kier alpha value is -2.65. The van der Waals surface area contributed by atoms with Gasteiger partial charge in [-0.05, 0) is 18.4 Å². The van der Waals surface area contributed by atoms with E-state index in [1.807, 2.05) is 66.9 Å². The van der Waals surface area contributed by atoms with Crippen LogP contribution in [0.1, 0.15) is 53.7 Å². The molecule has 2 N–H and O–H groups in total. The lowest BCUT2D eigenvalue weighted by Gasteiger charge is -2.32. The molecule has 0 bridgehead atoms. The number of nitrogens with one attached hydrogen (secondary N) is 1. The number of rotatable bonds is 5. The zero-order chi connectivity index (χ0) is 18.7. The molecule has 27 heavy (non-hydrogen) atoms. The van der Waals surface area contributed by atoms with Gasteiger partial charge in [0, 0.05) is 29.4 Å². The quantitative estimate of drug-likeness (QED) is 0.619. The summed E-state index contributed by atoms with van der Waals surface area (Å²) in [7, 11) is 0. The lowest BCUT2D eigenvalue weighted by atomic mass is 9.80. The number of aromatic nitrogens is 1. The van der Waals surface area contributed by atoms with Crippen molar-refractivity contribution in [3.05, 3.63) is 83.7 Å². The summed E-state index contributed by atoms with van der Waals surface area (Å²) in [5, 5.41) is 11.1. The molecular weight excluding hydrogens is 334 g/mol. The summed E-state index contributed by atoms with van der Waals surface area (Å²) in [6.07, 6.45) is 7.27. The second kappa shape index (κ2) is 7.53. The van der Waals surface area contributed by atoms with Crippen molar-refractivity contribution in [3.63, 3.8) is 0 Å². The van der Waals surface area contributed by atoms with E-state index in [-0.39, 0.29) is 5.78 Å². The van der Waals surface area contributed by atoms with Crippen LogP contribution in [0.15, 0.2) is 66.9 Å². The Balaban J connectivity index is 1.77. The zero-order valence-electron chi connectivity index (χ0n) is 15.4. The molecule has 1 saturated carbocycles. The molecule has 3 aromatic rings. The Kier molecular flexibility index (Phi) is 4.95. The highest BCUT2D eigenvalue weighted by atomic mass is 16.3. The van der Waals surface area contributed by atoms with Gasteiger partial charge in [0.2, 0.25) is 0 Å². The average molecular weight is 359 g/mol. The first-order valence-corrected chi connectivity index (χ1v) is 9.74. The first-order valence-electron chi connectivity index (χ1n) is 9.74. The molecular formula is C24H25NO2. The monoisotopic (exact) mass is 359 g/mol. The fourth-order valence-electron chi connectivity index (χ4n) is 4.16. The fourth-order valence-corrected chi connectivity index (χ4v) is 4.16. The van der Waals surface area contributed by atoms with E-state index in [4.69, 9.17) is 0 Å². The minimum Gasteiger partial charge on any atom is -0.389 e. The summed E-state index contributed by atoms with van der Waals surface area (Å²) >= 11 is 0. The lowest BCUT2D eigenvalue weighted by Crippen LogP contribution is -2.34. The third kappa shape index (κ3) is 3.74.